The number of aryl methyl sites for hydroxylation is 1. The molecule has 0 aliphatic rings. The van der Waals surface area contributed by atoms with Gasteiger partial charge in [-0.1, -0.05) is 0 Å². The molecular weight excluding hydrogens is 284 g/mol. The molecule has 2 rings (SSSR count). The van der Waals surface area contributed by atoms with Crippen molar-refractivity contribution in [3.05, 3.63) is 29.6 Å². The van der Waals surface area contributed by atoms with Crippen molar-refractivity contribution in [2.24, 2.45) is 0 Å². The maximum Gasteiger partial charge on any atom is 0.153 e. The minimum atomic E-state index is -0.632. The van der Waals surface area contributed by atoms with Crippen LogP contribution in [-0.4, -0.2) is 40.5 Å². The summed E-state index contributed by atoms with van der Waals surface area (Å²) >= 11 is 5.77. The molecule has 2 aromatic rings. The van der Waals surface area contributed by atoms with Gasteiger partial charge in [-0.15, -0.1) is 11.6 Å². The Balaban J connectivity index is 2.55. The van der Waals surface area contributed by atoms with Gasteiger partial charge in [-0.25, -0.2) is 13.8 Å². The van der Waals surface area contributed by atoms with Crippen molar-refractivity contribution in [2.75, 3.05) is 20.0 Å². The fourth-order valence-corrected chi connectivity index (χ4v) is 2.27. The lowest BCUT2D eigenvalue weighted by Gasteiger charge is -2.21. The number of benzene rings is 1. The van der Waals surface area contributed by atoms with Gasteiger partial charge in [0.25, 0.3) is 0 Å². The summed E-state index contributed by atoms with van der Waals surface area (Å²) in [5, 5.41) is 0. The first kappa shape index (κ1) is 15.2. The summed E-state index contributed by atoms with van der Waals surface area (Å²) in [6.45, 7) is 2.66. The van der Waals surface area contributed by atoms with E-state index >= 15 is 0 Å². The van der Waals surface area contributed by atoms with Crippen molar-refractivity contribution < 1.29 is 8.78 Å². The molecule has 0 aliphatic carbocycles. The van der Waals surface area contributed by atoms with Gasteiger partial charge in [0, 0.05) is 31.0 Å². The van der Waals surface area contributed by atoms with E-state index in [1.54, 1.807) is 0 Å². The van der Waals surface area contributed by atoms with Crippen molar-refractivity contribution in [1.29, 1.82) is 0 Å². The molecule has 0 saturated heterocycles. The zero-order valence-electron chi connectivity index (χ0n) is 11.8. The topological polar surface area (TPSA) is 21.1 Å². The lowest BCUT2D eigenvalue weighted by Crippen LogP contribution is -2.29. The highest BCUT2D eigenvalue weighted by molar-refractivity contribution is 6.17. The summed E-state index contributed by atoms with van der Waals surface area (Å²) in [6.07, 6.45) is 0.525. The van der Waals surface area contributed by atoms with Gasteiger partial charge in [0.05, 0.1) is 5.52 Å². The second-order valence-electron chi connectivity index (χ2n) is 5.15. The molecule has 110 valence electrons. The zero-order chi connectivity index (χ0) is 14.9. The molecule has 3 nitrogen and oxygen atoms in total. The summed E-state index contributed by atoms with van der Waals surface area (Å²) in [5.41, 5.74) is 0.689. The van der Waals surface area contributed by atoms with Crippen molar-refractivity contribution in [2.45, 2.75) is 25.9 Å². The standard InChI is InChI=1S/C14H18ClF2N3/c1-9(19(2)3)8-20-12-7-10(16)6-11(17)14(12)18-13(20)4-5-15/h6-7,9H,4-5,8H2,1-3H3. The number of likely N-dealkylation sites (N-methyl/N-ethyl adjacent to an activating group) is 1. The third-order valence-electron chi connectivity index (χ3n) is 3.50. The van der Waals surface area contributed by atoms with E-state index in [0.717, 1.165) is 6.07 Å². The molecule has 1 aromatic carbocycles. The zero-order valence-corrected chi connectivity index (χ0v) is 12.6. The van der Waals surface area contributed by atoms with Crippen LogP contribution in [0, 0.1) is 11.6 Å². The highest BCUT2D eigenvalue weighted by atomic mass is 35.5. The Kier molecular flexibility index (Phi) is 4.60. The second kappa shape index (κ2) is 6.06. The normalized spacial score (nSPS) is 13.3. The molecule has 1 atom stereocenters. The quantitative estimate of drug-likeness (QED) is 0.792. The first-order chi connectivity index (χ1) is 9.43. The number of hydrogen-bond donors (Lipinski definition) is 0. The number of aromatic nitrogens is 2. The van der Waals surface area contributed by atoms with Crippen LogP contribution in [-0.2, 0) is 13.0 Å². The lowest BCUT2D eigenvalue weighted by atomic mass is 10.2. The van der Waals surface area contributed by atoms with Gasteiger partial charge in [0.2, 0.25) is 0 Å². The maximum atomic E-state index is 13.8. The van der Waals surface area contributed by atoms with Crippen molar-refractivity contribution in [1.82, 2.24) is 14.5 Å². The predicted octanol–water partition coefficient (Wildman–Crippen LogP) is 3.05. The van der Waals surface area contributed by atoms with Crippen molar-refractivity contribution in [3.63, 3.8) is 0 Å². The molecule has 0 fully saturated rings. The van der Waals surface area contributed by atoms with Crippen LogP contribution in [0.25, 0.3) is 11.0 Å². The third-order valence-corrected chi connectivity index (χ3v) is 3.69. The molecular formula is C14H18ClF2N3. The van der Waals surface area contributed by atoms with E-state index in [-0.39, 0.29) is 11.6 Å². The van der Waals surface area contributed by atoms with Crippen LogP contribution in [0.1, 0.15) is 12.7 Å². The van der Waals surface area contributed by atoms with Gasteiger partial charge < -0.3 is 9.47 Å². The van der Waals surface area contributed by atoms with Gasteiger partial charge in [-0.2, -0.15) is 0 Å². The predicted molar refractivity (Wildman–Crippen MR) is 77.2 cm³/mol. The van der Waals surface area contributed by atoms with Gasteiger partial charge in [0.15, 0.2) is 5.82 Å². The van der Waals surface area contributed by atoms with E-state index in [2.05, 4.69) is 4.98 Å². The Labute approximate surface area is 122 Å². The third kappa shape index (κ3) is 2.94. The van der Waals surface area contributed by atoms with E-state index < -0.39 is 11.6 Å². The highest BCUT2D eigenvalue weighted by Gasteiger charge is 2.17. The molecule has 20 heavy (non-hydrogen) atoms. The Bertz CT molecular complexity index is 610. The van der Waals surface area contributed by atoms with Gasteiger partial charge in [-0.05, 0) is 27.1 Å². The van der Waals surface area contributed by atoms with Crippen molar-refractivity contribution in [3.8, 4) is 0 Å². The smallest absolute Gasteiger partial charge is 0.153 e. The summed E-state index contributed by atoms with van der Waals surface area (Å²) in [5.74, 6) is -0.143. The Morgan fingerprint density at radius 2 is 2.05 bits per heavy atom. The van der Waals surface area contributed by atoms with Crippen LogP contribution >= 0.6 is 11.6 Å². The number of hydrogen-bond acceptors (Lipinski definition) is 2. The largest absolute Gasteiger partial charge is 0.326 e. The first-order valence-corrected chi connectivity index (χ1v) is 7.04. The molecule has 6 heteroatoms. The van der Waals surface area contributed by atoms with Crippen molar-refractivity contribution >= 4 is 22.6 Å². The van der Waals surface area contributed by atoms with Crippen LogP contribution in [0.5, 0.6) is 0 Å². The number of rotatable bonds is 5. The van der Waals surface area contributed by atoms with Crippen LogP contribution in [0.2, 0.25) is 0 Å². The molecule has 0 aliphatic heterocycles. The summed E-state index contributed by atoms with van der Waals surface area (Å²) in [7, 11) is 3.93. The molecule has 1 unspecified atom stereocenters. The number of imidazole rings is 1. The number of fused-ring (bicyclic) bond motifs is 1. The molecule has 0 bridgehead atoms. The molecule has 0 saturated carbocycles. The molecule has 0 amide bonds. The maximum absolute atomic E-state index is 13.8. The molecule has 0 N–H and O–H groups in total. The van der Waals surface area contributed by atoms with Crippen LogP contribution in [0.15, 0.2) is 12.1 Å². The van der Waals surface area contributed by atoms with Crippen LogP contribution in [0.3, 0.4) is 0 Å². The van der Waals surface area contributed by atoms with E-state index in [1.165, 1.54) is 6.07 Å². The van der Waals surface area contributed by atoms with E-state index in [4.69, 9.17) is 11.6 Å². The lowest BCUT2D eigenvalue weighted by molar-refractivity contribution is 0.284. The summed E-state index contributed by atoms with van der Waals surface area (Å²) in [4.78, 5) is 6.32. The minimum absolute atomic E-state index is 0.206. The fourth-order valence-electron chi connectivity index (χ4n) is 2.10. The minimum Gasteiger partial charge on any atom is -0.326 e. The van der Waals surface area contributed by atoms with E-state index in [0.29, 0.717) is 30.2 Å². The fraction of sp³-hybridized carbons (Fsp3) is 0.500. The summed E-state index contributed by atoms with van der Waals surface area (Å²) in [6, 6.07) is 2.40. The summed E-state index contributed by atoms with van der Waals surface area (Å²) < 4.78 is 29.1. The van der Waals surface area contributed by atoms with Gasteiger partial charge >= 0.3 is 0 Å². The first-order valence-electron chi connectivity index (χ1n) is 6.50. The second-order valence-corrected chi connectivity index (χ2v) is 5.52. The van der Waals surface area contributed by atoms with E-state index in [9.17, 15) is 8.78 Å². The number of alkyl halides is 1. The molecule has 1 heterocycles. The average Bonchev–Trinajstić information content (AvgIpc) is 2.69. The Morgan fingerprint density at radius 1 is 1.35 bits per heavy atom. The van der Waals surface area contributed by atoms with Crippen LogP contribution < -0.4 is 0 Å². The van der Waals surface area contributed by atoms with Crippen LogP contribution in [0.4, 0.5) is 8.78 Å². The average molecular weight is 302 g/mol. The van der Waals surface area contributed by atoms with Gasteiger partial charge in [0.1, 0.15) is 17.2 Å². The van der Waals surface area contributed by atoms with Gasteiger partial charge in [-0.3, -0.25) is 0 Å². The molecule has 1 aromatic heterocycles. The number of halogens is 3. The Morgan fingerprint density at radius 3 is 2.65 bits per heavy atom. The Hall–Kier alpha value is -1.20. The number of nitrogens with zero attached hydrogens (tertiary/aromatic N) is 3. The molecule has 0 spiro atoms. The SMILES string of the molecule is CC(Cn1c(CCCl)nc2c(F)cc(F)cc21)N(C)C. The van der Waals surface area contributed by atoms with E-state index in [1.807, 2.05) is 30.5 Å². The highest BCUT2D eigenvalue weighted by Crippen LogP contribution is 2.22. The monoisotopic (exact) mass is 301 g/mol. The molecule has 0 radical (unpaired) electrons.